The molecular weight excluding hydrogens is 548 g/mol. The van der Waals surface area contributed by atoms with Gasteiger partial charge < -0.3 is 16.0 Å². The summed E-state index contributed by atoms with van der Waals surface area (Å²) in [5.74, 6) is -1.28. The first-order valence-electron chi connectivity index (χ1n) is 12.1. The number of nitrogen functional groups attached to an aromatic ring is 1. The smallest absolute Gasteiger partial charge is 0.272 e. The summed E-state index contributed by atoms with van der Waals surface area (Å²) in [6.07, 6.45) is 4.33. The molecule has 0 bridgehead atoms. The number of hydrogen-bond acceptors (Lipinski definition) is 3. The number of alkyl halides is 3. The van der Waals surface area contributed by atoms with Gasteiger partial charge >= 0.3 is 0 Å². The second-order valence-electron chi connectivity index (χ2n) is 9.42. The minimum Gasteiger partial charge on any atom is -0.399 e. The zero-order valence-electron chi connectivity index (χ0n) is 20.5. The van der Waals surface area contributed by atoms with Gasteiger partial charge in [-0.05, 0) is 79.8 Å². The van der Waals surface area contributed by atoms with E-state index in [0.29, 0.717) is 36.2 Å². The van der Waals surface area contributed by atoms with Crippen molar-refractivity contribution in [2.45, 2.75) is 35.0 Å². The summed E-state index contributed by atoms with van der Waals surface area (Å²) in [7, 11) is 0. The summed E-state index contributed by atoms with van der Waals surface area (Å²) in [4.78, 5) is 28.1. The highest BCUT2D eigenvalue weighted by Crippen LogP contribution is 2.34. The van der Waals surface area contributed by atoms with Crippen LogP contribution >= 0.6 is 34.8 Å². The number of nitrogens with zero attached hydrogens (tertiary/aromatic N) is 1. The van der Waals surface area contributed by atoms with E-state index in [4.69, 9.17) is 40.5 Å². The van der Waals surface area contributed by atoms with Crippen molar-refractivity contribution >= 4 is 58.0 Å². The summed E-state index contributed by atoms with van der Waals surface area (Å²) in [5.41, 5.74) is 8.56. The number of amides is 2. The van der Waals surface area contributed by atoms with Crippen LogP contribution in [0.1, 0.15) is 35.2 Å². The van der Waals surface area contributed by atoms with Crippen molar-refractivity contribution in [2.24, 2.45) is 0 Å². The lowest BCUT2D eigenvalue weighted by Crippen LogP contribution is -2.53. The molecule has 0 aromatic heterocycles. The molecule has 2 amide bonds. The van der Waals surface area contributed by atoms with E-state index < -0.39 is 15.2 Å². The summed E-state index contributed by atoms with van der Waals surface area (Å²) in [5, 5.41) is 2.92. The lowest BCUT2D eigenvalue weighted by molar-refractivity contribution is -0.121. The van der Waals surface area contributed by atoms with Gasteiger partial charge in [0.2, 0.25) is 0 Å². The quantitative estimate of drug-likeness (QED) is 0.189. The average molecular weight is 575 g/mol. The lowest BCUT2D eigenvalue weighted by Gasteiger charge is -2.38. The van der Waals surface area contributed by atoms with Crippen molar-refractivity contribution in [1.29, 1.82) is 0 Å². The van der Waals surface area contributed by atoms with E-state index in [2.05, 4.69) is 5.32 Å². The van der Waals surface area contributed by atoms with Crippen LogP contribution in [-0.2, 0) is 11.2 Å². The van der Waals surface area contributed by atoms with Crippen LogP contribution in [-0.4, -0.2) is 27.7 Å². The summed E-state index contributed by atoms with van der Waals surface area (Å²) in [6.45, 7) is 0.284. The van der Waals surface area contributed by atoms with E-state index in [9.17, 15) is 14.0 Å². The minimum absolute atomic E-state index is 0.170. The molecule has 0 saturated heterocycles. The number of carbonyl (C=O) groups is 2. The van der Waals surface area contributed by atoms with Gasteiger partial charge in [0.15, 0.2) is 0 Å². The highest BCUT2D eigenvalue weighted by molar-refractivity contribution is 6.76. The van der Waals surface area contributed by atoms with Gasteiger partial charge in [0.05, 0.1) is 5.54 Å². The average Bonchev–Trinajstić information content (AvgIpc) is 2.89. The van der Waals surface area contributed by atoms with Gasteiger partial charge in [-0.3, -0.25) is 9.59 Å². The molecule has 0 spiro atoms. The minimum atomic E-state index is -2.15. The number of nitrogens with one attached hydrogen (secondary N) is 1. The molecule has 38 heavy (non-hydrogen) atoms. The Morgan fingerprint density at radius 1 is 0.974 bits per heavy atom. The molecule has 0 saturated carbocycles. The molecule has 4 rings (SSSR count). The summed E-state index contributed by atoms with van der Waals surface area (Å²) >= 11 is 17.7. The van der Waals surface area contributed by atoms with Crippen molar-refractivity contribution in [2.75, 3.05) is 17.2 Å². The van der Waals surface area contributed by atoms with Gasteiger partial charge in [0, 0.05) is 23.5 Å². The van der Waals surface area contributed by atoms with Crippen molar-refractivity contribution < 1.29 is 14.0 Å². The molecule has 3 N–H and O–H groups in total. The topological polar surface area (TPSA) is 75.4 Å². The molecule has 1 aliphatic rings. The molecule has 3 aromatic rings. The molecule has 3 aromatic carbocycles. The second kappa shape index (κ2) is 11.8. The predicted octanol–water partition coefficient (Wildman–Crippen LogP) is 6.63. The van der Waals surface area contributed by atoms with Crippen LogP contribution in [0.2, 0.25) is 0 Å². The maximum atomic E-state index is 13.6. The van der Waals surface area contributed by atoms with Gasteiger partial charge in [-0.1, -0.05) is 76.8 Å². The maximum absolute atomic E-state index is 13.6. The molecule has 0 aliphatic heterocycles. The molecule has 0 radical (unpaired) electrons. The van der Waals surface area contributed by atoms with E-state index in [1.807, 2.05) is 24.3 Å². The predicted molar refractivity (Wildman–Crippen MR) is 152 cm³/mol. The fraction of sp³-hybridized carbons (Fsp3) is 0.241. The largest absolute Gasteiger partial charge is 0.399 e. The van der Waals surface area contributed by atoms with Crippen molar-refractivity contribution in [3.05, 3.63) is 107 Å². The third-order valence-electron chi connectivity index (χ3n) is 6.49. The Morgan fingerprint density at radius 3 is 2.26 bits per heavy atom. The fourth-order valence-electron chi connectivity index (χ4n) is 4.71. The van der Waals surface area contributed by atoms with Gasteiger partial charge in [-0.25, -0.2) is 4.39 Å². The molecule has 5 nitrogen and oxygen atoms in total. The first-order valence-corrected chi connectivity index (χ1v) is 13.2. The van der Waals surface area contributed by atoms with Crippen molar-refractivity contribution in [3.63, 3.8) is 0 Å². The molecular formula is C29H27Cl3FN3O2. The monoisotopic (exact) mass is 573 g/mol. The SMILES string of the molecule is Nc1ccc(N(CC2=CC(Cc3ccc(F)cc3)(NC(=O)C(Cl)(Cl)Cl)CCC2)C(=O)c2ccccc2)cc1. The van der Waals surface area contributed by atoms with Crippen LogP contribution in [0.3, 0.4) is 0 Å². The van der Waals surface area contributed by atoms with Crippen molar-refractivity contribution in [3.8, 4) is 0 Å². The lowest BCUT2D eigenvalue weighted by atomic mass is 9.79. The Bertz CT molecular complexity index is 1310. The third kappa shape index (κ3) is 7.07. The number of benzene rings is 3. The van der Waals surface area contributed by atoms with E-state index in [1.165, 1.54) is 12.1 Å². The van der Waals surface area contributed by atoms with Crippen LogP contribution < -0.4 is 16.0 Å². The van der Waals surface area contributed by atoms with Crippen molar-refractivity contribution in [1.82, 2.24) is 5.32 Å². The summed E-state index contributed by atoms with van der Waals surface area (Å²) < 4.78 is 11.4. The molecule has 1 aliphatic carbocycles. The van der Waals surface area contributed by atoms with Crippen LogP contribution in [0.4, 0.5) is 15.8 Å². The zero-order chi connectivity index (χ0) is 27.3. The number of anilines is 2. The van der Waals surface area contributed by atoms with Gasteiger partial charge in [0.1, 0.15) is 5.82 Å². The molecule has 1 unspecified atom stereocenters. The normalized spacial score (nSPS) is 17.4. The van der Waals surface area contributed by atoms with E-state index in [-0.39, 0.29) is 18.3 Å². The van der Waals surface area contributed by atoms with E-state index in [0.717, 1.165) is 17.6 Å². The number of hydrogen-bond donors (Lipinski definition) is 2. The standard InChI is InChI=1S/C29H27Cl3FN3O2/c30-29(31,32)27(38)35-28(17-20-8-10-23(33)11-9-20)16-4-5-21(18-28)19-36(25-14-12-24(34)13-15-25)26(37)22-6-2-1-3-7-22/h1-3,6-15,18H,4-5,16-17,19,34H2,(H,35,38). The van der Waals surface area contributed by atoms with Crippen LogP contribution in [0, 0.1) is 5.82 Å². The molecule has 198 valence electrons. The molecule has 0 heterocycles. The highest BCUT2D eigenvalue weighted by Gasteiger charge is 2.39. The first-order chi connectivity index (χ1) is 18.0. The Morgan fingerprint density at radius 2 is 1.63 bits per heavy atom. The Hall–Kier alpha value is -3.06. The zero-order valence-corrected chi connectivity index (χ0v) is 22.7. The third-order valence-corrected chi connectivity index (χ3v) is 7.00. The van der Waals surface area contributed by atoms with Crippen LogP contribution in [0.15, 0.2) is 90.5 Å². The molecule has 1 atom stereocenters. The second-order valence-corrected chi connectivity index (χ2v) is 11.7. The van der Waals surface area contributed by atoms with E-state index in [1.54, 1.807) is 53.4 Å². The highest BCUT2D eigenvalue weighted by atomic mass is 35.6. The number of rotatable bonds is 7. The van der Waals surface area contributed by atoms with Gasteiger partial charge in [-0.2, -0.15) is 0 Å². The molecule has 0 fully saturated rings. The van der Waals surface area contributed by atoms with Gasteiger partial charge in [-0.15, -0.1) is 0 Å². The van der Waals surface area contributed by atoms with Crippen LogP contribution in [0.5, 0.6) is 0 Å². The number of nitrogens with two attached hydrogens (primary N) is 1. The van der Waals surface area contributed by atoms with Crippen LogP contribution in [0.25, 0.3) is 0 Å². The van der Waals surface area contributed by atoms with E-state index >= 15 is 0 Å². The Balaban J connectivity index is 1.71. The first kappa shape index (κ1) is 28.0. The number of halogens is 4. The number of carbonyl (C=O) groups excluding carboxylic acids is 2. The molecule has 9 heteroatoms. The Labute approximate surface area is 236 Å². The Kier molecular flexibility index (Phi) is 8.66. The maximum Gasteiger partial charge on any atom is 0.272 e. The summed E-state index contributed by atoms with van der Waals surface area (Å²) in [6, 6.07) is 22.2. The van der Waals surface area contributed by atoms with Gasteiger partial charge in [0.25, 0.3) is 15.6 Å². The fourth-order valence-corrected chi connectivity index (χ4v) is 4.85.